The summed E-state index contributed by atoms with van der Waals surface area (Å²) in [6.07, 6.45) is 2.11. The molecule has 5 nitrogen and oxygen atoms in total. The standard InChI is InChI=1S/C14H20ClN3O2/c1-10-8-11(6-7-17(10)2)16-9-12-13(15)4-3-5-14(12)18(19)20/h3-5,10-11,16H,6-9H2,1-2H3. The molecule has 1 aromatic carbocycles. The van der Waals surface area contributed by atoms with E-state index in [1.54, 1.807) is 12.1 Å². The highest BCUT2D eigenvalue weighted by Crippen LogP contribution is 2.26. The summed E-state index contributed by atoms with van der Waals surface area (Å²) in [5.41, 5.74) is 0.664. The van der Waals surface area contributed by atoms with Crippen molar-refractivity contribution in [1.29, 1.82) is 0 Å². The van der Waals surface area contributed by atoms with Crippen LogP contribution in [0.15, 0.2) is 18.2 Å². The van der Waals surface area contributed by atoms with E-state index in [2.05, 4.69) is 24.2 Å². The number of nitrogens with zero attached hydrogens (tertiary/aromatic N) is 2. The molecule has 1 N–H and O–H groups in total. The number of nitro benzene ring substituents is 1. The molecule has 2 rings (SSSR count). The summed E-state index contributed by atoms with van der Waals surface area (Å²) >= 11 is 6.09. The predicted octanol–water partition coefficient (Wildman–Crippen LogP) is 2.82. The fraction of sp³-hybridized carbons (Fsp3) is 0.571. The minimum Gasteiger partial charge on any atom is -0.309 e. The Morgan fingerprint density at radius 2 is 2.30 bits per heavy atom. The molecule has 1 saturated heterocycles. The van der Waals surface area contributed by atoms with Gasteiger partial charge in [0.15, 0.2) is 0 Å². The maximum Gasteiger partial charge on any atom is 0.275 e. The van der Waals surface area contributed by atoms with E-state index in [4.69, 9.17) is 11.6 Å². The molecule has 0 radical (unpaired) electrons. The molecule has 0 amide bonds. The third kappa shape index (κ3) is 3.48. The predicted molar refractivity (Wildman–Crippen MR) is 80.1 cm³/mol. The van der Waals surface area contributed by atoms with Crippen molar-refractivity contribution in [1.82, 2.24) is 10.2 Å². The zero-order chi connectivity index (χ0) is 14.7. The molecule has 0 aliphatic carbocycles. The Labute approximate surface area is 124 Å². The van der Waals surface area contributed by atoms with Crippen molar-refractivity contribution < 1.29 is 4.92 Å². The van der Waals surface area contributed by atoms with Gasteiger partial charge in [0, 0.05) is 24.7 Å². The van der Waals surface area contributed by atoms with Gasteiger partial charge in [-0.3, -0.25) is 10.1 Å². The quantitative estimate of drug-likeness (QED) is 0.686. The number of hydrogen-bond donors (Lipinski definition) is 1. The van der Waals surface area contributed by atoms with Crippen molar-refractivity contribution >= 4 is 17.3 Å². The molecular weight excluding hydrogens is 278 g/mol. The van der Waals surface area contributed by atoms with Crippen molar-refractivity contribution in [3.05, 3.63) is 38.9 Å². The molecule has 2 unspecified atom stereocenters. The summed E-state index contributed by atoms with van der Waals surface area (Å²) in [7, 11) is 2.12. The molecule has 6 heteroatoms. The van der Waals surface area contributed by atoms with E-state index in [0.717, 1.165) is 19.4 Å². The highest BCUT2D eigenvalue weighted by atomic mass is 35.5. The summed E-state index contributed by atoms with van der Waals surface area (Å²) in [5.74, 6) is 0. The molecule has 0 aromatic heterocycles. The Bertz CT molecular complexity index is 495. The van der Waals surface area contributed by atoms with Gasteiger partial charge in [0.05, 0.1) is 15.5 Å². The summed E-state index contributed by atoms with van der Waals surface area (Å²) < 4.78 is 0. The molecule has 1 fully saturated rings. The normalized spacial score (nSPS) is 23.8. The van der Waals surface area contributed by atoms with Gasteiger partial charge in [-0.15, -0.1) is 0 Å². The molecule has 20 heavy (non-hydrogen) atoms. The topological polar surface area (TPSA) is 58.4 Å². The molecule has 110 valence electrons. The van der Waals surface area contributed by atoms with E-state index in [-0.39, 0.29) is 10.6 Å². The summed E-state index contributed by atoms with van der Waals surface area (Å²) in [4.78, 5) is 13.0. The van der Waals surface area contributed by atoms with Crippen molar-refractivity contribution in [3.8, 4) is 0 Å². The molecule has 0 saturated carbocycles. The van der Waals surface area contributed by atoms with E-state index in [9.17, 15) is 10.1 Å². The number of benzene rings is 1. The maximum atomic E-state index is 11.0. The largest absolute Gasteiger partial charge is 0.309 e. The molecule has 1 aliphatic rings. The number of nitro groups is 1. The highest BCUT2D eigenvalue weighted by Gasteiger charge is 2.23. The van der Waals surface area contributed by atoms with E-state index >= 15 is 0 Å². The van der Waals surface area contributed by atoms with Gasteiger partial charge < -0.3 is 10.2 Å². The monoisotopic (exact) mass is 297 g/mol. The van der Waals surface area contributed by atoms with Gasteiger partial charge >= 0.3 is 0 Å². The van der Waals surface area contributed by atoms with Gasteiger partial charge in [-0.2, -0.15) is 0 Å². The summed E-state index contributed by atoms with van der Waals surface area (Å²) in [6.45, 7) is 3.69. The Kier molecular flexibility index (Phi) is 4.96. The average molecular weight is 298 g/mol. The second kappa shape index (κ2) is 6.52. The zero-order valence-electron chi connectivity index (χ0n) is 11.8. The highest BCUT2D eigenvalue weighted by molar-refractivity contribution is 6.31. The summed E-state index contributed by atoms with van der Waals surface area (Å²) in [5, 5.41) is 14.9. The molecule has 1 aliphatic heterocycles. The van der Waals surface area contributed by atoms with Crippen molar-refractivity contribution in [2.75, 3.05) is 13.6 Å². The van der Waals surface area contributed by atoms with Crippen LogP contribution in [0.25, 0.3) is 0 Å². The molecule has 2 atom stereocenters. The molecule has 0 spiro atoms. The minimum atomic E-state index is -0.375. The Morgan fingerprint density at radius 3 is 2.95 bits per heavy atom. The van der Waals surface area contributed by atoms with Crippen molar-refractivity contribution in [3.63, 3.8) is 0 Å². The van der Waals surface area contributed by atoms with Gasteiger partial charge in [0.2, 0.25) is 0 Å². The minimum absolute atomic E-state index is 0.0889. The third-order valence-electron chi connectivity index (χ3n) is 4.07. The van der Waals surface area contributed by atoms with Crippen LogP contribution >= 0.6 is 11.6 Å². The average Bonchev–Trinajstić information content (AvgIpc) is 2.40. The smallest absolute Gasteiger partial charge is 0.275 e. The Hall–Kier alpha value is -1.17. The van der Waals surface area contributed by atoms with E-state index in [0.29, 0.717) is 29.2 Å². The first kappa shape index (κ1) is 15.2. The van der Waals surface area contributed by atoms with E-state index in [1.807, 2.05) is 0 Å². The second-order valence-electron chi connectivity index (χ2n) is 5.43. The van der Waals surface area contributed by atoms with Crippen LogP contribution in [0.2, 0.25) is 5.02 Å². The molecule has 1 heterocycles. The fourth-order valence-corrected chi connectivity index (χ4v) is 2.85. The Morgan fingerprint density at radius 1 is 1.55 bits per heavy atom. The van der Waals surface area contributed by atoms with Crippen LogP contribution in [-0.2, 0) is 6.54 Å². The van der Waals surface area contributed by atoms with Crippen LogP contribution in [0.3, 0.4) is 0 Å². The maximum absolute atomic E-state index is 11.0. The van der Waals surface area contributed by atoms with Crippen molar-refractivity contribution in [2.45, 2.75) is 38.4 Å². The fourth-order valence-electron chi connectivity index (χ4n) is 2.61. The number of piperidine rings is 1. The lowest BCUT2D eigenvalue weighted by molar-refractivity contribution is -0.385. The number of halogens is 1. The lowest BCUT2D eigenvalue weighted by Gasteiger charge is -2.35. The first-order chi connectivity index (χ1) is 9.49. The zero-order valence-corrected chi connectivity index (χ0v) is 12.6. The van der Waals surface area contributed by atoms with Crippen LogP contribution in [0, 0.1) is 10.1 Å². The molecule has 1 aromatic rings. The lowest BCUT2D eigenvalue weighted by atomic mass is 9.98. The van der Waals surface area contributed by atoms with Gasteiger partial charge in [-0.05, 0) is 39.4 Å². The van der Waals surface area contributed by atoms with Gasteiger partial charge in [0.25, 0.3) is 5.69 Å². The first-order valence-electron chi connectivity index (χ1n) is 6.84. The van der Waals surface area contributed by atoms with Gasteiger partial charge in [0.1, 0.15) is 0 Å². The molecular formula is C14H20ClN3O2. The van der Waals surface area contributed by atoms with E-state index < -0.39 is 0 Å². The second-order valence-corrected chi connectivity index (χ2v) is 5.83. The number of hydrogen-bond acceptors (Lipinski definition) is 4. The van der Waals surface area contributed by atoms with Crippen LogP contribution in [0.4, 0.5) is 5.69 Å². The van der Waals surface area contributed by atoms with Crippen LogP contribution in [-0.4, -0.2) is 35.5 Å². The lowest BCUT2D eigenvalue weighted by Crippen LogP contribution is -2.45. The van der Waals surface area contributed by atoms with Crippen LogP contribution in [0.5, 0.6) is 0 Å². The number of likely N-dealkylation sites (tertiary alicyclic amines) is 1. The Balaban J connectivity index is 2.02. The SMILES string of the molecule is CC1CC(NCc2c(Cl)cccc2[N+](=O)[O-])CCN1C. The third-order valence-corrected chi connectivity index (χ3v) is 4.42. The molecule has 0 bridgehead atoms. The van der Waals surface area contributed by atoms with Gasteiger partial charge in [-0.25, -0.2) is 0 Å². The van der Waals surface area contributed by atoms with E-state index in [1.165, 1.54) is 6.07 Å². The van der Waals surface area contributed by atoms with Crippen LogP contribution in [0.1, 0.15) is 25.3 Å². The van der Waals surface area contributed by atoms with Crippen LogP contribution < -0.4 is 5.32 Å². The number of rotatable bonds is 4. The number of nitrogens with one attached hydrogen (secondary N) is 1. The summed E-state index contributed by atoms with van der Waals surface area (Å²) in [6, 6.07) is 5.73. The van der Waals surface area contributed by atoms with Crippen molar-refractivity contribution in [2.24, 2.45) is 0 Å². The first-order valence-corrected chi connectivity index (χ1v) is 7.22. The van der Waals surface area contributed by atoms with Gasteiger partial charge in [-0.1, -0.05) is 17.7 Å².